The monoisotopic (exact) mass is 288 g/mol. The normalized spacial score (nSPS) is 15.4. The maximum absolute atomic E-state index is 11.8. The summed E-state index contributed by atoms with van der Waals surface area (Å²) in [4.78, 5) is 11.7. The Hall–Kier alpha value is -1.11. The number of halogens is 1. The van der Waals surface area contributed by atoms with E-state index < -0.39 is 10.0 Å². The summed E-state index contributed by atoms with van der Waals surface area (Å²) in [5, 5.41) is 2.88. The summed E-state index contributed by atoms with van der Waals surface area (Å²) in [5.74, 6) is -0.276. The van der Waals surface area contributed by atoms with Crippen molar-refractivity contribution in [2.24, 2.45) is 0 Å². The average Bonchev–Trinajstić information content (AvgIpc) is 3.13. The third kappa shape index (κ3) is 2.82. The lowest BCUT2D eigenvalue weighted by Gasteiger charge is -2.08. The number of carbonyl (C=O) groups is 1. The predicted octanol–water partition coefficient (Wildman–Crippen LogP) is 1.14. The molecule has 0 atom stereocenters. The second-order valence-electron chi connectivity index (χ2n) is 4.10. The first-order valence-corrected chi connectivity index (χ1v) is 7.34. The molecule has 0 bridgehead atoms. The van der Waals surface area contributed by atoms with Crippen LogP contribution in [0.15, 0.2) is 23.1 Å². The van der Waals surface area contributed by atoms with Crippen molar-refractivity contribution in [3.8, 4) is 0 Å². The number of carbonyl (C=O) groups excluding carboxylic acids is 1. The van der Waals surface area contributed by atoms with Crippen LogP contribution < -0.4 is 10.0 Å². The summed E-state index contributed by atoms with van der Waals surface area (Å²) in [7, 11) is -2.37. The Morgan fingerprint density at radius 3 is 2.61 bits per heavy atom. The Kier molecular flexibility index (Phi) is 3.61. The minimum absolute atomic E-state index is 0.0879. The van der Waals surface area contributed by atoms with E-state index in [1.807, 2.05) is 0 Å². The Balaban J connectivity index is 2.33. The van der Waals surface area contributed by atoms with Crippen molar-refractivity contribution in [1.29, 1.82) is 0 Å². The lowest BCUT2D eigenvalue weighted by atomic mass is 10.2. The van der Waals surface area contributed by atoms with Gasteiger partial charge in [0.1, 0.15) is 4.90 Å². The van der Waals surface area contributed by atoms with Gasteiger partial charge >= 0.3 is 0 Å². The second kappa shape index (κ2) is 4.87. The average molecular weight is 289 g/mol. The smallest absolute Gasteiger partial charge is 0.251 e. The lowest BCUT2D eigenvalue weighted by Crippen LogP contribution is -2.26. The molecule has 7 heteroatoms. The van der Waals surface area contributed by atoms with Gasteiger partial charge in [-0.3, -0.25) is 4.79 Å². The highest BCUT2D eigenvalue weighted by Gasteiger charge is 2.25. The van der Waals surface area contributed by atoms with E-state index in [0.29, 0.717) is 5.56 Å². The molecular formula is C11H13ClN2O3S. The van der Waals surface area contributed by atoms with Crippen LogP contribution in [0.5, 0.6) is 0 Å². The van der Waals surface area contributed by atoms with Gasteiger partial charge in [-0.15, -0.1) is 0 Å². The van der Waals surface area contributed by atoms with E-state index in [1.165, 1.54) is 25.2 Å². The molecule has 0 spiro atoms. The summed E-state index contributed by atoms with van der Waals surface area (Å²) < 4.78 is 25.6. The minimum atomic E-state index is -3.66. The number of amides is 1. The molecule has 0 saturated heterocycles. The Morgan fingerprint density at radius 1 is 1.39 bits per heavy atom. The van der Waals surface area contributed by atoms with Gasteiger partial charge in [0.15, 0.2) is 0 Å². The van der Waals surface area contributed by atoms with Gasteiger partial charge in [0.05, 0.1) is 5.02 Å². The summed E-state index contributed by atoms with van der Waals surface area (Å²) in [6.45, 7) is 0. The molecule has 0 heterocycles. The number of nitrogens with one attached hydrogen (secondary N) is 2. The van der Waals surface area contributed by atoms with Crippen LogP contribution in [0.4, 0.5) is 0 Å². The van der Waals surface area contributed by atoms with Crippen molar-refractivity contribution in [2.75, 3.05) is 7.05 Å². The first-order valence-electron chi connectivity index (χ1n) is 5.48. The van der Waals surface area contributed by atoms with E-state index >= 15 is 0 Å². The second-order valence-corrected chi connectivity index (χ2v) is 6.36. The molecule has 0 aliphatic heterocycles. The number of hydrogen-bond acceptors (Lipinski definition) is 3. The van der Waals surface area contributed by atoms with Crippen LogP contribution in [0.25, 0.3) is 0 Å². The number of sulfonamides is 1. The summed E-state index contributed by atoms with van der Waals surface area (Å²) in [6, 6.07) is 4.42. The zero-order valence-electron chi connectivity index (χ0n) is 9.73. The van der Waals surface area contributed by atoms with E-state index in [-0.39, 0.29) is 21.9 Å². The summed E-state index contributed by atoms with van der Waals surface area (Å²) >= 11 is 5.83. The fourth-order valence-corrected chi connectivity index (χ4v) is 2.71. The minimum Gasteiger partial charge on any atom is -0.349 e. The lowest BCUT2D eigenvalue weighted by molar-refractivity contribution is 0.0951. The van der Waals surface area contributed by atoms with Crippen molar-refractivity contribution in [3.63, 3.8) is 0 Å². The van der Waals surface area contributed by atoms with E-state index in [1.54, 1.807) is 0 Å². The van der Waals surface area contributed by atoms with Crippen molar-refractivity contribution in [3.05, 3.63) is 28.8 Å². The van der Waals surface area contributed by atoms with Crippen LogP contribution in [0.2, 0.25) is 5.02 Å². The molecule has 5 nitrogen and oxygen atoms in total. The Labute approximate surface area is 111 Å². The topological polar surface area (TPSA) is 75.3 Å². The van der Waals surface area contributed by atoms with E-state index in [0.717, 1.165) is 12.8 Å². The third-order valence-electron chi connectivity index (χ3n) is 2.66. The molecule has 1 aromatic carbocycles. The van der Waals surface area contributed by atoms with Crippen molar-refractivity contribution < 1.29 is 13.2 Å². The quantitative estimate of drug-likeness (QED) is 0.872. The van der Waals surface area contributed by atoms with Crippen LogP contribution in [0.3, 0.4) is 0 Å². The van der Waals surface area contributed by atoms with E-state index in [9.17, 15) is 13.2 Å². The van der Waals surface area contributed by atoms with Gasteiger partial charge in [0, 0.05) is 11.6 Å². The van der Waals surface area contributed by atoms with Crippen LogP contribution in [-0.2, 0) is 10.0 Å². The maximum atomic E-state index is 11.8. The van der Waals surface area contributed by atoms with Crippen molar-refractivity contribution in [2.45, 2.75) is 23.8 Å². The van der Waals surface area contributed by atoms with Crippen LogP contribution in [0.1, 0.15) is 23.2 Å². The van der Waals surface area contributed by atoms with Gasteiger partial charge < -0.3 is 5.32 Å². The molecule has 1 amide bonds. The highest BCUT2D eigenvalue weighted by molar-refractivity contribution is 7.89. The van der Waals surface area contributed by atoms with Gasteiger partial charge in [-0.2, -0.15) is 0 Å². The standard InChI is InChI=1S/C11H13ClN2O3S/c1-13-18(16,17)10-6-7(2-5-9(10)12)11(15)14-8-3-4-8/h2,5-6,8,13H,3-4H2,1H3,(H,14,15). The van der Waals surface area contributed by atoms with E-state index in [2.05, 4.69) is 10.0 Å². The van der Waals surface area contributed by atoms with Crippen LogP contribution in [-0.4, -0.2) is 27.4 Å². The molecule has 1 saturated carbocycles. The van der Waals surface area contributed by atoms with Gasteiger partial charge in [-0.05, 0) is 38.1 Å². The summed E-state index contributed by atoms with van der Waals surface area (Å²) in [5.41, 5.74) is 0.292. The molecule has 1 aliphatic rings. The van der Waals surface area contributed by atoms with Crippen molar-refractivity contribution in [1.82, 2.24) is 10.0 Å². The molecule has 18 heavy (non-hydrogen) atoms. The largest absolute Gasteiger partial charge is 0.349 e. The number of benzene rings is 1. The molecular weight excluding hydrogens is 276 g/mol. The number of hydrogen-bond donors (Lipinski definition) is 2. The van der Waals surface area contributed by atoms with Gasteiger partial charge in [0.2, 0.25) is 10.0 Å². The number of rotatable bonds is 4. The molecule has 1 aromatic rings. The molecule has 0 aromatic heterocycles. The fraction of sp³-hybridized carbons (Fsp3) is 0.364. The van der Waals surface area contributed by atoms with E-state index in [4.69, 9.17) is 11.6 Å². The first-order chi connectivity index (χ1) is 8.44. The molecule has 98 valence electrons. The van der Waals surface area contributed by atoms with Gasteiger partial charge in [-0.1, -0.05) is 11.6 Å². The summed E-state index contributed by atoms with van der Waals surface area (Å²) in [6.07, 6.45) is 1.95. The SMILES string of the molecule is CNS(=O)(=O)c1cc(C(=O)NC2CC2)ccc1Cl. The highest BCUT2D eigenvalue weighted by atomic mass is 35.5. The van der Waals surface area contributed by atoms with Crippen LogP contribution in [0, 0.1) is 0 Å². The molecule has 1 aliphatic carbocycles. The van der Waals surface area contributed by atoms with Gasteiger partial charge in [-0.25, -0.2) is 13.1 Å². The molecule has 0 radical (unpaired) electrons. The predicted molar refractivity (Wildman–Crippen MR) is 68.2 cm³/mol. The van der Waals surface area contributed by atoms with Gasteiger partial charge in [0.25, 0.3) is 5.91 Å². The zero-order chi connectivity index (χ0) is 13.3. The zero-order valence-corrected chi connectivity index (χ0v) is 11.3. The molecule has 2 N–H and O–H groups in total. The molecule has 1 fully saturated rings. The third-order valence-corrected chi connectivity index (χ3v) is 4.56. The Morgan fingerprint density at radius 2 is 2.06 bits per heavy atom. The Bertz CT molecular complexity index is 582. The first kappa shape index (κ1) is 13.3. The molecule has 0 unspecified atom stereocenters. The highest BCUT2D eigenvalue weighted by Crippen LogP contribution is 2.24. The molecule has 2 rings (SSSR count). The van der Waals surface area contributed by atoms with Crippen LogP contribution >= 0.6 is 11.6 Å². The maximum Gasteiger partial charge on any atom is 0.251 e. The van der Waals surface area contributed by atoms with Crippen molar-refractivity contribution >= 4 is 27.5 Å². The fourth-order valence-electron chi connectivity index (χ4n) is 1.46.